The molecule has 2 heterocycles. The van der Waals surface area contributed by atoms with E-state index in [0.717, 1.165) is 43.0 Å². The molecule has 0 aliphatic carbocycles. The molecule has 4 rings (SSSR count). The Kier molecular flexibility index (Phi) is 6.48. The number of carbonyl (C=O) groups excluding carboxylic acids is 1. The number of aromatic nitrogens is 1. The molecule has 1 aliphatic heterocycles. The summed E-state index contributed by atoms with van der Waals surface area (Å²) >= 11 is 0. The number of benzene rings is 2. The number of piperazine rings is 1. The lowest BCUT2D eigenvalue weighted by Gasteiger charge is -2.34. The Balaban J connectivity index is 1.37. The molecule has 3 aromatic rings. The summed E-state index contributed by atoms with van der Waals surface area (Å²) in [5, 5.41) is 12.3. The lowest BCUT2D eigenvalue weighted by atomic mass is 10.1. The monoisotopic (exact) mass is 416 g/mol. The number of nitrogens with zero attached hydrogens (tertiary/aromatic N) is 3. The first-order valence-corrected chi connectivity index (χ1v) is 10.7. The maximum atomic E-state index is 12.5. The zero-order valence-corrected chi connectivity index (χ0v) is 17.8. The molecule has 1 fully saturated rings. The van der Waals surface area contributed by atoms with Gasteiger partial charge in [-0.25, -0.2) is 4.98 Å². The fourth-order valence-corrected chi connectivity index (χ4v) is 3.70. The minimum absolute atomic E-state index is 0.185. The summed E-state index contributed by atoms with van der Waals surface area (Å²) in [6.07, 6.45) is 0.694. The quantitative estimate of drug-likeness (QED) is 0.646. The molecule has 0 bridgehead atoms. The summed E-state index contributed by atoms with van der Waals surface area (Å²) in [6.45, 7) is 4.73. The molecule has 0 radical (unpaired) electrons. The summed E-state index contributed by atoms with van der Waals surface area (Å²) in [7, 11) is 2.16. The summed E-state index contributed by atoms with van der Waals surface area (Å²) in [6, 6.07) is 20.9. The van der Waals surface area contributed by atoms with E-state index in [-0.39, 0.29) is 11.7 Å². The van der Waals surface area contributed by atoms with Gasteiger partial charge in [0.15, 0.2) is 0 Å². The first-order chi connectivity index (χ1) is 15.1. The Morgan fingerprint density at radius 3 is 2.39 bits per heavy atom. The van der Waals surface area contributed by atoms with Crippen molar-refractivity contribution in [3.63, 3.8) is 0 Å². The Labute approximate surface area is 183 Å². The zero-order chi connectivity index (χ0) is 21.6. The molecule has 1 saturated heterocycles. The van der Waals surface area contributed by atoms with Gasteiger partial charge in [-0.15, -0.1) is 0 Å². The van der Waals surface area contributed by atoms with E-state index in [1.165, 1.54) is 5.69 Å². The number of hydrogen-bond donors (Lipinski definition) is 2. The van der Waals surface area contributed by atoms with Crippen molar-refractivity contribution in [3.8, 4) is 17.0 Å². The van der Waals surface area contributed by atoms with Gasteiger partial charge < -0.3 is 20.2 Å². The third-order valence-electron chi connectivity index (χ3n) is 5.65. The molecule has 160 valence electrons. The van der Waals surface area contributed by atoms with Gasteiger partial charge in [-0.05, 0) is 55.4 Å². The molecule has 6 heteroatoms. The highest BCUT2D eigenvalue weighted by Gasteiger charge is 2.14. The highest BCUT2D eigenvalue weighted by Crippen LogP contribution is 2.23. The number of amides is 1. The van der Waals surface area contributed by atoms with E-state index in [1.807, 2.05) is 24.3 Å². The topological polar surface area (TPSA) is 68.7 Å². The van der Waals surface area contributed by atoms with E-state index in [2.05, 4.69) is 51.4 Å². The average molecular weight is 417 g/mol. The second-order valence-electron chi connectivity index (χ2n) is 7.92. The second-order valence-corrected chi connectivity index (χ2v) is 7.92. The molecule has 2 aromatic carbocycles. The van der Waals surface area contributed by atoms with Gasteiger partial charge in [0.25, 0.3) is 5.91 Å². The minimum Gasteiger partial charge on any atom is -0.508 e. The molecular formula is C25H28N4O2. The van der Waals surface area contributed by atoms with Gasteiger partial charge in [-0.2, -0.15) is 0 Å². The lowest BCUT2D eigenvalue weighted by molar-refractivity contribution is 0.0949. The molecule has 2 N–H and O–H groups in total. The number of rotatable bonds is 6. The van der Waals surface area contributed by atoms with Crippen LogP contribution >= 0.6 is 0 Å². The summed E-state index contributed by atoms with van der Waals surface area (Å²) in [5.74, 6) is 0.0556. The molecule has 6 nitrogen and oxygen atoms in total. The molecule has 0 spiro atoms. The van der Waals surface area contributed by atoms with Gasteiger partial charge in [-0.1, -0.05) is 30.3 Å². The number of likely N-dealkylation sites (N-methyl/N-ethyl adjacent to an activating group) is 1. The van der Waals surface area contributed by atoms with Crippen molar-refractivity contribution in [3.05, 3.63) is 78.0 Å². The van der Waals surface area contributed by atoms with Crippen molar-refractivity contribution in [2.45, 2.75) is 6.42 Å². The predicted octanol–water partition coefficient (Wildman–Crippen LogP) is 3.18. The highest BCUT2D eigenvalue weighted by molar-refractivity contribution is 5.92. The summed E-state index contributed by atoms with van der Waals surface area (Å²) in [5.41, 5.74) is 4.47. The molecule has 0 unspecified atom stereocenters. The van der Waals surface area contributed by atoms with Gasteiger partial charge in [0.1, 0.15) is 11.4 Å². The van der Waals surface area contributed by atoms with Crippen LogP contribution < -0.4 is 10.2 Å². The lowest BCUT2D eigenvalue weighted by Crippen LogP contribution is -2.44. The van der Waals surface area contributed by atoms with Crippen LogP contribution in [0, 0.1) is 0 Å². The number of phenols is 1. The van der Waals surface area contributed by atoms with E-state index in [1.54, 1.807) is 18.2 Å². The molecule has 31 heavy (non-hydrogen) atoms. The van der Waals surface area contributed by atoms with Crippen LogP contribution in [0.5, 0.6) is 5.75 Å². The van der Waals surface area contributed by atoms with Gasteiger partial charge in [-0.3, -0.25) is 4.79 Å². The van der Waals surface area contributed by atoms with Crippen LogP contribution in [0.25, 0.3) is 11.3 Å². The van der Waals surface area contributed by atoms with Crippen molar-refractivity contribution in [2.24, 2.45) is 0 Å². The van der Waals surface area contributed by atoms with Crippen molar-refractivity contribution < 1.29 is 9.90 Å². The van der Waals surface area contributed by atoms with E-state index in [4.69, 9.17) is 0 Å². The standard InChI is InChI=1S/C25H28N4O2/c1-28-15-17-29(18-16-28)21-9-7-20(8-10-21)23-3-2-4-24(27-23)25(31)26-14-13-19-5-11-22(30)12-6-19/h2-12,30H,13-18H2,1H3,(H,26,31). The highest BCUT2D eigenvalue weighted by atomic mass is 16.3. The van der Waals surface area contributed by atoms with Gasteiger partial charge >= 0.3 is 0 Å². The third-order valence-corrected chi connectivity index (χ3v) is 5.65. The Hall–Kier alpha value is -3.38. The number of nitrogens with one attached hydrogen (secondary N) is 1. The normalized spacial score (nSPS) is 14.4. The van der Waals surface area contributed by atoms with Crippen LogP contribution in [0.3, 0.4) is 0 Å². The van der Waals surface area contributed by atoms with Crippen LogP contribution in [-0.2, 0) is 6.42 Å². The molecule has 1 aromatic heterocycles. The van der Waals surface area contributed by atoms with Crippen LogP contribution in [0.2, 0.25) is 0 Å². The van der Waals surface area contributed by atoms with Crippen molar-refractivity contribution in [1.82, 2.24) is 15.2 Å². The second kappa shape index (κ2) is 9.62. The van der Waals surface area contributed by atoms with E-state index in [9.17, 15) is 9.90 Å². The molecule has 1 aliphatic rings. The largest absolute Gasteiger partial charge is 0.508 e. The SMILES string of the molecule is CN1CCN(c2ccc(-c3cccc(C(=O)NCCc4ccc(O)cc4)n3)cc2)CC1. The number of anilines is 1. The first-order valence-electron chi connectivity index (χ1n) is 10.7. The molecule has 0 saturated carbocycles. The Morgan fingerprint density at radius 1 is 0.968 bits per heavy atom. The van der Waals surface area contributed by atoms with Gasteiger partial charge in [0.05, 0.1) is 5.69 Å². The molecule has 0 atom stereocenters. The Morgan fingerprint density at radius 2 is 1.68 bits per heavy atom. The molecule has 1 amide bonds. The first kappa shape index (κ1) is 20.9. The van der Waals surface area contributed by atoms with Crippen LogP contribution in [0.1, 0.15) is 16.1 Å². The number of carbonyl (C=O) groups is 1. The van der Waals surface area contributed by atoms with Crippen molar-refractivity contribution in [2.75, 3.05) is 44.7 Å². The summed E-state index contributed by atoms with van der Waals surface area (Å²) in [4.78, 5) is 21.8. The van der Waals surface area contributed by atoms with Gasteiger partial charge in [0, 0.05) is 44.0 Å². The zero-order valence-electron chi connectivity index (χ0n) is 17.8. The maximum Gasteiger partial charge on any atom is 0.269 e. The number of pyridine rings is 1. The predicted molar refractivity (Wildman–Crippen MR) is 124 cm³/mol. The smallest absolute Gasteiger partial charge is 0.269 e. The van der Waals surface area contributed by atoms with Gasteiger partial charge in [0.2, 0.25) is 0 Å². The third kappa shape index (κ3) is 5.41. The van der Waals surface area contributed by atoms with E-state index < -0.39 is 0 Å². The fraction of sp³-hybridized carbons (Fsp3) is 0.280. The van der Waals surface area contributed by atoms with Crippen molar-refractivity contribution >= 4 is 11.6 Å². The van der Waals surface area contributed by atoms with Crippen LogP contribution in [0.4, 0.5) is 5.69 Å². The van der Waals surface area contributed by atoms with Crippen LogP contribution in [-0.4, -0.2) is 60.7 Å². The number of aromatic hydroxyl groups is 1. The van der Waals surface area contributed by atoms with E-state index in [0.29, 0.717) is 18.7 Å². The minimum atomic E-state index is -0.185. The number of hydrogen-bond acceptors (Lipinski definition) is 5. The van der Waals surface area contributed by atoms with Crippen LogP contribution in [0.15, 0.2) is 66.7 Å². The Bertz CT molecular complexity index is 1010. The van der Waals surface area contributed by atoms with E-state index >= 15 is 0 Å². The fourth-order valence-electron chi connectivity index (χ4n) is 3.70. The molecular weight excluding hydrogens is 388 g/mol. The number of phenolic OH excluding ortho intramolecular Hbond substituents is 1. The average Bonchev–Trinajstić information content (AvgIpc) is 2.81. The summed E-state index contributed by atoms with van der Waals surface area (Å²) < 4.78 is 0. The van der Waals surface area contributed by atoms with Crippen molar-refractivity contribution in [1.29, 1.82) is 0 Å². The maximum absolute atomic E-state index is 12.5.